The van der Waals surface area contributed by atoms with Gasteiger partial charge in [-0.3, -0.25) is 14.5 Å². The number of aromatic hydroxyl groups is 1. The van der Waals surface area contributed by atoms with E-state index in [4.69, 9.17) is 4.74 Å². The van der Waals surface area contributed by atoms with Crippen LogP contribution >= 0.6 is 0 Å². The number of anilines is 1. The number of nitrogens with one attached hydrogen (secondary N) is 1. The van der Waals surface area contributed by atoms with E-state index in [1.807, 2.05) is 18.2 Å². The highest BCUT2D eigenvalue weighted by Crippen LogP contribution is 2.47. The van der Waals surface area contributed by atoms with Crippen LogP contribution in [0.15, 0.2) is 53.9 Å². The Kier molecular flexibility index (Phi) is 4.92. The summed E-state index contributed by atoms with van der Waals surface area (Å²) in [6, 6.07) is 11.3. The quantitative estimate of drug-likeness (QED) is 0.629. The molecule has 2 N–H and O–H groups in total. The number of hydrogen-bond acceptors (Lipinski definition) is 5. The molecule has 0 bridgehead atoms. The van der Waals surface area contributed by atoms with Gasteiger partial charge in [0.05, 0.1) is 24.7 Å². The summed E-state index contributed by atoms with van der Waals surface area (Å²) in [4.78, 5) is 27.0. The zero-order valence-corrected chi connectivity index (χ0v) is 19.2. The first-order valence-corrected chi connectivity index (χ1v) is 11.1. The summed E-state index contributed by atoms with van der Waals surface area (Å²) in [7, 11) is 1.50. The van der Waals surface area contributed by atoms with Gasteiger partial charge < -0.3 is 19.7 Å². The Morgan fingerprint density at radius 1 is 1.27 bits per heavy atom. The molecule has 33 heavy (non-hydrogen) atoms. The Labute approximate surface area is 192 Å². The lowest BCUT2D eigenvalue weighted by Crippen LogP contribution is -2.33. The number of ether oxygens (including phenoxy) is 1. The molecular weight excluding hydrogens is 418 g/mol. The van der Waals surface area contributed by atoms with Crippen LogP contribution in [0.2, 0.25) is 0 Å². The van der Waals surface area contributed by atoms with Gasteiger partial charge in [-0.25, -0.2) is 0 Å². The zero-order chi connectivity index (χ0) is 23.4. The average molecular weight is 446 g/mol. The van der Waals surface area contributed by atoms with Gasteiger partial charge in [0, 0.05) is 42.4 Å². The number of imide groups is 1. The van der Waals surface area contributed by atoms with E-state index in [9.17, 15) is 14.7 Å². The summed E-state index contributed by atoms with van der Waals surface area (Å²) >= 11 is 0. The van der Waals surface area contributed by atoms with E-state index in [1.165, 1.54) is 18.9 Å². The molecule has 0 saturated heterocycles. The number of aromatic nitrogens is 1. The highest BCUT2D eigenvalue weighted by Gasteiger charge is 2.41. The SMILES string of the molecule is COc1cc([C@@H]2C3=C(CN(C(C)=O)C3=O)Nc3cccc4c3c2cn4CC(C)C)ccc1O. The molecule has 0 radical (unpaired) electrons. The van der Waals surface area contributed by atoms with Crippen LogP contribution < -0.4 is 10.1 Å². The Morgan fingerprint density at radius 3 is 2.76 bits per heavy atom. The highest BCUT2D eigenvalue weighted by molar-refractivity contribution is 6.11. The molecule has 1 aromatic heterocycles. The second kappa shape index (κ2) is 7.69. The van der Waals surface area contributed by atoms with Gasteiger partial charge in [0.15, 0.2) is 11.5 Å². The normalized spacial score (nSPS) is 17.4. The minimum atomic E-state index is -0.418. The fraction of sp³-hybridized carbons (Fsp3) is 0.308. The Bertz CT molecular complexity index is 1330. The van der Waals surface area contributed by atoms with E-state index in [2.05, 4.69) is 36.0 Å². The minimum Gasteiger partial charge on any atom is -0.504 e. The van der Waals surface area contributed by atoms with Crippen molar-refractivity contribution in [2.75, 3.05) is 19.0 Å². The Morgan fingerprint density at radius 2 is 2.06 bits per heavy atom. The fourth-order valence-corrected chi connectivity index (χ4v) is 5.04. The van der Waals surface area contributed by atoms with Gasteiger partial charge in [-0.15, -0.1) is 0 Å². The van der Waals surface area contributed by atoms with Crippen LogP contribution in [0.3, 0.4) is 0 Å². The predicted molar refractivity (Wildman–Crippen MR) is 126 cm³/mol. The lowest BCUT2D eigenvalue weighted by atomic mass is 9.84. The largest absolute Gasteiger partial charge is 0.504 e. The summed E-state index contributed by atoms with van der Waals surface area (Å²) in [5.74, 6) is -0.179. The van der Waals surface area contributed by atoms with Crippen molar-refractivity contribution in [1.82, 2.24) is 9.47 Å². The van der Waals surface area contributed by atoms with E-state index in [0.29, 0.717) is 17.2 Å². The topological polar surface area (TPSA) is 83.8 Å². The van der Waals surface area contributed by atoms with Gasteiger partial charge >= 0.3 is 0 Å². The number of rotatable bonds is 4. The van der Waals surface area contributed by atoms with Crippen molar-refractivity contribution in [2.45, 2.75) is 33.2 Å². The van der Waals surface area contributed by atoms with Crippen LogP contribution in [0.1, 0.15) is 37.8 Å². The standard InChI is InChI=1S/C26H27N3O4/c1-14(2)11-28-12-17-23(16-8-9-21(31)22(10-16)33-4)25-19(13-29(15(3)30)26(25)32)27-18-6-5-7-20(28)24(17)18/h5-10,12,14,23,27,31H,11,13H2,1-4H3/t23-/m0/s1. The maximum absolute atomic E-state index is 13.5. The molecule has 0 spiro atoms. The molecule has 2 aliphatic heterocycles. The van der Waals surface area contributed by atoms with Crippen molar-refractivity contribution in [3.05, 3.63) is 65.0 Å². The zero-order valence-electron chi connectivity index (χ0n) is 19.2. The van der Waals surface area contributed by atoms with Crippen LogP contribution in [0.25, 0.3) is 10.9 Å². The van der Waals surface area contributed by atoms with Crippen LogP contribution in [-0.2, 0) is 16.1 Å². The molecule has 2 amide bonds. The smallest absolute Gasteiger partial charge is 0.259 e. The molecule has 3 aromatic rings. The molecule has 5 rings (SSSR count). The number of phenolic OH excluding ortho intramolecular Hbond substituents is 1. The average Bonchev–Trinajstić information content (AvgIpc) is 3.24. The molecule has 0 saturated carbocycles. The summed E-state index contributed by atoms with van der Waals surface area (Å²) in [5, 5.41) is 14.7. The summed E-state index contributed by atoms with van der Waals surface area (Å²) < 4.78 is 7.60. The van der Waals surface area contributed by atoms with Crippen molar-refractivity contribution in [1.29, 1.82) is 0 Å². The van der Waals surface area contributed by atoms with Gasteiger partial charge in [0.25, 0.3) is 5.91 Å². The summed E-state index contributed by atoms with van der Waals surface area (Å²) in [5.41, 5.74) is 5.10. The van der Waals surface area contributed by atoms with Crippen LogP contribution in [0.5, 0.6) is 11.5 Å². The van der Waals surface area contributed by atoms with Gasteiger partial charge in [-0.1, -0.05) is 26.0 Å². The number of nitrogens with zero attached hydrogens (tertiary/aromatic N) is 2. The van der Waals surface area contributed by atoms with Gasteiger partial charge in [0.2, 0.25) is 5.91 Å². The number of carbonyl (C=O) groups is 2. The van der Waals surface area contributed by atoms with Crippen molar-refractivity contribution in [3.8, 4) is 11.5 Å². The van der Waals surface area contributed by atoms with E-state index < -0.39 is 5.92 Å². The number of carbonyl (C=O) groups excluding carboxylic acids is 2. The molecule has 0 unspecified atom stereocenters. The van der Waals surface area contributed by atoms with Crippen LogP contribution in [0.4, 0.5) is 5.69 Å². The molecular formula is C26H27N3O4. The molecule has 0 aliphatic carbocycles. The second-order valence-corrected chi connectivity index (χ2v) is 9.12. The van der Waals surface area contributed by atoms with Crippen LogP contribution in [0, 0.1) is 5.92 Å². The van der Waals surface area contributed by atoms with E-state index >= 15 is 0 Å². The Balaban J connectivity index is 1.80. The first-order chi connectivity index (χ1) is 15.8. The fourth-order valence-electron chi connectivity index (χ4n) is 5.04. The minimum absolute atomic E-state index is 0.0354. The lowest BCUT2D eigenvalue weighted by molar-refractivity contribution is -0.139. The maximum atomic E-state index is 13.5. The molecule has 2 aliphatic rings. The number of hydrogen-bond donors (Lipinski definition) is 2. The molecule has 7 heteroatoms. The van der Waals surface area contributed by atoms with Crippen molar-refractivity contribution in [3.63, 3.8) is 0 Å². The molecule has 3 heterocycles. The number of amides is 2. The first kappa shape index (κ1) is 21.1. The van der Waals surface area contributed by atoms with Crippen molar-refractivity contribution in [2.24, 2.45) is 5.92 Å². The van der Waals surface area contributed by atoms with Crippen LogP contribution in [-0.4, -0.2) is 40.0 Å². The third-order valence-electron chi connectivity index (χ3n) is 6.42. The third kappa shape index (κ3) is 3.26. The Hall–Kier alpha value is -3.74. The predicted octanol–water partition coefficient (Wildman–Crippen LogP) is 4.21. The summed E-state index contributed by atoms with van der Waals surface area (Å²) in [6.07, 6.45) is 2.12. The number of phenols is 1. The van der Waals surface area contributed by atoms with E-state index in [0.717, 1.165) is 40.0 Å². The van der Waals surface area contributed by atoms with Gasteiger partial charge in [0.1, 0.15) is 0 Å². The summed E-state index contributed by atoms with van der Waals surface area (Å²) in [6.45, 7) is 6.81. The molecule has 1 atom stereocenters. The monoisotopic (exact) mass is 445 g/mol. The van der Waals surface area contributed by atoms with E-state index in [1.54, 1.807) is 12.1 Å². The van der Waals surface area contributed by atoms with E-state index in [-0.39, 0.29) is 24.1 Å². The highest BCUT2D eigenvalue weighted by atomic mass is 16.5. The van der Waals surface area contributed by atoms with Crippen molar-refractivity contribution >= 4 is 28.4 Å². The molecule has 170 valence electrons. The van der Waals surface area contributed by atoms with Gasteiger partial charge in [-0.05, 0) is 41.3 Å². The first-order valence-electron chi connectivity index (χ1n) is 11.1. The molecule has 0 fully saturated rings. The lowest BCUT2D eigenvalue weighted by Gasteiger charge is -2.20. The second-order valence-electron chi connectivity index (χ2n) is 9.12. The third-order valence-corrected chi connectivity index (χ3v) is 6.42. The van der Waals surface area contributed by atoms with Crippen molar-refractivity contribution < 1.29 is 19.4 Å². The van der Waals surface area contributed by atoms with Gasteiger partial charge in [-0.2, -0.15) is 0 Å². The number of methoxy groups -OCH3 is 1. The molecule has 2 aromatic carbocycles. The molecule has 7 nitrogen and oxygen atoms in total. The number of benzene rings is 2. The maximum Gasteiger partial charge on any atom is 0.259 e.